The highest BCUT2D eigenvalue weighted by Gasteiger charge is 2.36. The molecule has 116 valence electrons. The molecule has 3 heteroatoms. The Labute approximate surface area is 128 Å². The minimum absolute atomic E-state index is 0.0161. The summed E-state index contributed by atoms with van der Waals surface area (Å²) in [6, 6.07) is 8.91. The number of piperidine rings is 1. The molecule has 1 amide bonds. The molecule has 21 heavy (non-hydrogen) atoms. The number of rotatable bonds is 4. The molecule has 1 saturated heterocycles. The number of likely N-dealkylation sites (tertiary alicyclic amines) is 1. The van der Waals surface area contributed by atoms with E-state index in [-0.39, 0.29) is 24.0 Å². The Morgan fingerprint density at radius 3 is 2.38 bits per heavy atom. The average Bonchev–Trinajstić information content (AvgIpc) is 2.48. The lowest BCUT2D eigenvalue weighted by molar-refractivity contribution is -0.140. The number of nitrogens with two attached hydrogens (primary N) is 1. The van der Waals surface area contributed by atoms with E-state index in [4.69, 9.17) is 5.73 Å². The summed E-state index contributed by atoms with van der Waals surface area (Å²) in [5, 5.41) is 0. The van der Waals surface area contributed by atoms with E-state index in [0.29, 0.717) is 12.3 Å². The molecule has 0 radical (unpaired) electrons. The van der Waals surface area contributed by atoms with Crippen molar-refractivity contribution in [1.82, 2.24) is 4.90 Å². The van der Waals surface area contributed by atoms with Gasteiger partial charge in [0.25, 0.3) is 0 Å². The first-order valence-electron chi connectivity index (χ1n) is 8.12. The van der Waals surface area contributed by atoms with Crippen molar-refractivity contribution in [3.05, 3.63) is 35.4 Å². The van der Waals surface area contributed by atoms with Gasteiger partial charge in [0.2, 0.25) is 5.91 Å². The smallest absolute Gasteiger partial charge is 0.223 e. The molecule has 3 unspecified atom stereocenters. The molecule has 0 spiro atoms. The fraction of sp³-hybridized carbons (Fsp3) is 0.611. The number of benzene rings is 1. The zero-order chi connectivity index (χ0) is 15.6. The van der Waals surface area contributed by atoms with Gasteiger partial charge in [-0.05, 0) is 36.8 Å². The molecule has 1 aromatic carbocycles. The second kappa shape index (κ2) is 6.61. The summed E-state index contributed by atoms with van der Waals surface area (Å²) in [4.78, 5) is 14.4. The molecule has 2 N–H and O–H groups in total. The van der Waals surface area contributed by atoms with Crippen LogP contribution in [0.2, 0.25) is 0 Å². The number of hydrogen-bond donors (Lipinski definition) is 1. The van der Waals surface area contributed by atoms with Gasteiger partial charge in [-0.1, -0.05) is 45.0 Å². The number of carbonyl (C=O) groups is 1. The van der Waals surface area contributed by atoms with E-state index < -0.39 is 0 Å². The van der Waals surface area contributed by atoms with Crippen LogP contribution in [-0.4, -0.2) is 22.9 Å². The van der Waals surface area contributed by atoms with Crippen LogP contribution in [0.1, 0.15) is 70.0 Å². The van der Waals surface area contributed by atoms with Gasteiger partial charge in [0, 0.05) is 18.5 Å². The van der Waals surface area contributed by atoms with Crippen LogP contribution < -0.4 is 5.73 Å². The van der Waals surface area contributed by atoms with Gasteiger partial charge in [0.15, 0.2) is 0 Å². The minimum atomic E-state index is 0.0161. The van der Waals surface area contributed by atoms with Crippen molar-refractivity contribution < 1.29 is 4.79 Å². The van der Waals surface area contributed by atoms with Gasteiger partial charge < -0.3 is 10.6 Å². The second-order valence-electron chi connectivity index (χ2n) is 6.53. The van der Waals surface area contributed by atoms with E-state index in [1.165, 1.54) is 11.1 Å². The predicted molar refractivity (Wildman–Crippen MR) is 87.1 cm³/mol. The third-order valence-electron chi connectivity index (χ3n) is 4.70. The maximum Gasteiger partial charge on any atom is 0.223 e. The van der Waals surface area contributed by atoms with E-state index in [9.17, 15) is 4.79 Å². The van der Waals surface area contributed by atoms with Crippen LogP contribution in [-0.2, 0) is 4.79 Å². The van der Waals surface area contributed by atoms with Crippen LogP contribution in [0.4, 0.5) is 0 Å². The maximum absolute atomic E-state index is 12.4. The number of nitrogens with zero attached hydrogens (tertiary/aromatic N) is 1. The van der Waals surface area contributed by atoms with Crippen molar-refractivity contribution >= 4 is 5.91 Å². The first-order chi connectivity index (χ1) is 9.95. The van der Waals surface area contributed by atoms with Gasteiger partial charge in [-0.2, -0.15) is 0 Å². The Morgan fingerprint density at radius 2 is 1.86 bits per heavy atom. The second-order valence-corrected chi connectivity index (χ2v) is 6.53. The van der Waals surface area contributed by atoms with Crippen LogP contribution >= 0.6 is 0 Å². The number of amides is 1. The molecule has 2 rings (SSSR count). The Bertz CT molecular complexity index is 480. The van der Waals surface area contributed by atoms with Gasteiger partial charge in [-0.3, -0.25) is 4.79 Å². The van der Waals surface area contributed by atoms with Crippen LogP contribution in [0.3, 0.4) is 0 Å². The molecule has 1 aliphatic rings. The van der Waals surface area contributed by atoms with E-state index >= 15 is 0 Å². The number of hydrogen-bond acceptors (Lipinski definition) is 2. The molecule has 0 bridgehead atoms. The van der Waals surface area contributed by atoms with Crippen molar-refractivity contribution in [2.24, 2.45) is 5.73 Å². The summed E-state index contributed by atoms with van der Waals surface area (Å²) in [5.74, 6) is 0.760. The Kier molecular flexibility index (Phi) is 5.04. The van der Waals surface area contributed by atoms with Crippen molar-refractivity contribution in [3.63, 3.8) is 0 Å². The molecule has 0 saturated carbocycles. The topological polar surface area (TPSA) is 46.3 Å². The van der Waals surface area contributed by atoms with Crippen molar-refractivity contribution in [2.75, 3.05) is 0 Å². The maximum atomic E-state index is 12.4. The zero-order valence-electron chi connectivity index (χ0n) is 13.7. The third-order valence-corrected chi connectivity index (χ3v) is 4.70. The van der Waals surface area contributed by atoms with Crippen LogP contribution in [0, 0.1) is 0 Å². The van der Waals surface area contributed by atoms with Crippen LogP contribution in [0.25, 0.3) is 0 Å². The largest absolute Gasteiger partial charge is 0.331 e. The molecule has 1 heterocycles. The lowest BCUT2D eigenvalue weighted by Crippen LogP contribution is -2.52. The fourth-order valence-corrected chi connectivity index (χ4v) is 3.14. The standard InChI is InChI=1S/C18H28N2O/c1-5-13(4)20-17(21)11-10-16(19)18(20)15-8-6-14(7-9-15)12(2)3/h6-9,12-13,16,18H,5,10-11,19H2,1-4H3. The van der Waals surface area contributed by atoms with Crippen molar-refractivity contribution in [1.29, 1.82) is 0 Å². The average molecular weight is 288 g/mol. The summed E-state index contributed by atoms with van der Waals surface area (Å²) < 4.78 is 0. The zero-order valence-corrected chi connectivity index (χ0v) is 13.7. The van der Waals surface area contributed by atoms with E-state index in [1.807, 2.05) is 4.90 Å². The number of carbonyl (C=O) groups excluding carboxylic acids is 1. The normalized spacial score (nSPS) is 24.5. The summed E-state index contributed by atoms with van der Waals surface area (Å²) >= 11 is 0. The third kappa shape index (κ3) is 3.29. The van der Waals surface area contributed by atoms with Crippen LogP contribution in [0.15, 0.2) is 24.3 Å². The Hall–Kier alpha value is -1.35. The Morgan fingerprint density at radius 1 is 1.24 bits per heavy atom. The highest BCUT2D eigenvalue weighted by molar-refractivity contribution is 5.78. The minimum Gasteiger partial charge on any atom is -0.331 e. The fourth-order valence-electron chi connectivity index (χ4n) is 3.14. The lowest BCUT2D eigenvalue weighted by Gasteiger charge is -2.43. The molecular weight excluding hydrogens is 260 g/mol. The first kappa shape index (κ1) is 16.0. The van der Waals surface area contributed by atoms with Gasteiger partial charge in [0.05, 0.1) is 6.04 Å². The molecule has 0 aliphatic carbocycles. The molecule has 1 fully saturated rings. The van der Waals surface area contributed by atoms with Crippen molar-refractivity contribution in [2.45, 2.75) is 71.0 Å². The lowest BCUT2D eigenvalue weighted by atomic mass is 9.88. The highest BCUT2D eigenvalue weighted by Crippen LogP contribution is 2.33. The predicted octanol–water partition coefficient (Wildman–Crippen LogP) is 3.60. The SMILES string of the molecule is CCC(C)N1C(=O)CCC(N)C1c1ccc(C(C)C)cc1. The molecule has 0 aromatic heterocycles. The quantitative estimate of drug-likeness (QED) is 0.920. The van der Waals surface area contributed by atoms with Crippen molar-refractivity contribution in [3.8, 4) is 0 Å². The first-order valence-corrected chi connectivity index (χ1v) is 8.12. The monoisotopic (exact) mass is 288 g/mol. The Balaban J connectivity index is 2.33. The van der Waals surface area contributed by atoms with E-state index in [1.54, 1.807) is 0 Å². The molecule has 3 atom stereocenters. The van der Waals surface area contributed by atoms with Gasteiger partial charge in [-0.25, -0.2) is 0 Å². The van der Waals surface area contributed by atoms with Crippen LogP contribution in [0.5, 0.6) is 0 Å². The summed E-state index contributed by atoms with van der Waals surface area (Å²) in [5.41, 5.74) is 8.85. The van der Waals surface area contributed by atoms with Gasteiger partial charge in [0.1, 0.15) is 0 Å². The van der Waals surface area contributed by atoms with Gasteiger partial charge >= 0.3 is 0 Å². The molecule has 1 aliphatic heterocycles. The molecule has 1 aromatic rings. The summed E-state index contributed by atoms with van der Waals surface area (Å²) in [7, 11) is 0. The van der Waals surface area contributed by atoms with E-state index in [2.05, 4.69) is 52.0 Å². The van der Waals surface area contributed by atoms with Gasteiger partial charge in [-0.15, -0.1) is 0 Å². The highest BCUT2D eigenvalue weighted by atomic mass is 16.2. The molecular formula is C18H28N2O. The summed E-state index contributed by atoms with van der Waals surface area (Å²) in [6.07, 6.45) is 2.31. The van der Waals surface area contributed by atoms with E-state index in [0.717, 1.165) is 12.8 Å². The molecule has 3 nitrogen and oxygen atoms in total. The summed E-state index contributed by atoms with van der Waals surface area (Å²) in [6.45, 7) is 8.62.